The van der Waals surface area contributed by atoms with Crippen molar-refractivity contribution in [3.05, 3.63) is 17.5 Å². The first-order chi connectivity index (χ1) is 9.45. The summed E-state index contributed by atoms with van der Waals surface area (Å²) in [6, 6.07) is 0.178. The van der Waals surface area contributed by atoms with Crippen LogP contribution in [0.3, 0.4) is 0 Å². The minimum absolute atomic E-state index is 0.209. The molecule has 20 heavy (non-hydrogen) atoms. The van der Waals surface area contributed by atoms with Crippen molar-refractivity contribution in [2.24, 2.45) is 0 Å². The molecular weight excluding hydrogens is 270 g/mol. The van der Waals surface area contributed by atoms with E-state index in [1.165, 1.54) is 14.0 Å². The predicted octanol–water partition coefficient (Wildman–Crippen LogP) is -0.746. The number of rotatable bonds is 7. The Morgan fingerprint density at radius 1 is 1.50 bits per heavy atom. The molecule has 1 rings (SSSR count). The number of amides is 2. The summed E-state index contributed by atoms with van der Waals surface area (Å²) in [6.07, 6.45) is 0. The highest BCUT2D eigenvalue weighted by atomic mass is 16.5. The highest BCUT2D eigenvalue weighted by molar-refractivity contribution is 5.97. The van der Waals surface area contributed by atoms with Gasteiger partial charge in [0.1, 0.15) is 6.04 Å². The third kappa shape index (κ3) is 4.35. The topological polar surface area (TPSA) is 131 Å². The molecule has 0 aliphatic carbocycles. The number of methoxy groups -OCH3 is 1. The van der Waals surface area contributed by atoms with Gasteiger partial charge in [0, 0.05) is 19.7 Å². The maximum Gasteiger partial charge on any atom is 0.374 e. The molecule has 1 heterocycles. The lowest BCUT2D eigenvalue weighted by atomic mass is 10.2. The molecule has 0 saturated heterocycles. The van der Waals surface area contributed by atoms with Crippen LogP contribution in [0.1, 0.15) is 28.0 Å². The molecule has 0 aliphatic heterocycles. The Balaban J connectivity index is 2.51. The van der Waals surface area contributed by atoms with E-state index in [1.807, 2.05) is 0 Å². The summed E-state index contributed by atoms with van der Waals surface area (Å²) in [5, 5.41) is 16.8. The molecule has 0 fully saturated rings. The van der Waals surface area contributed by atoms with Crippen molar-refractivity contribution in [2.45, 2.75) is 13.0 Å². The van der Waals surface area contributed by atoms with Gasteiger partial charge < -0.3 is 25.0 Å². The summed E-state index contributed by atoms with van der Waals surface area (Å²) >= 11 is 0. The van der Waals surface area contributed by atoms with Gasteiger partial charge in [-0.05, 0) is 6.92 Å². The Morgan fingerprint density at radius 2 is 2.20 bits per heavy atom. The summed E-state index contributed by atoms with van der Waals surface area (Å²) in [5.41, 5.74) is -0.209. The number of carbonyl (C=O) groups is 3. The number of carbonyl (C=O) groups excluding carboxylic acids is 2. The van der Waals surface area contributed by atoms with Crippen LogP contribution in [0.5, 0.6) is 0 Å². The third-order valence-electron chi connectivity index (χ3n) is 2.30. The summed E-state index contributed by atoms with van der Waals surface area (Å²) in [7, 11) is 1.50. The maximum atomic E-state index is 11.7. The van der Waals surface area contributed by atoms with Crippen molar-refractivity contribution in [1.29, 1.82) is 0 Å². The third-order valence-corrected chi connectivity index (χ3v) is 2.30. The average molecular weight is 285 g/mol. The normalized spacial score (nSPS) is 11.7. The predicted molar refractivity (Wildman–Crippen MR) is 65.3 cm³/mol. The number of hydrogen-bond acceptors (Lipinski definition) is 6. The second-order valence-electron chi connectivity index (χ2n) is 3.86. The fourth-order valence-electron chi connectivity index (χ4n) is 1.25. The van der Waals surface area contributed by atoms with Crippen LogP contribution >= 0.6 is 0 Å². The largest absolute Gasteiger partial charge is 0.475 e. The van der Waals surface area contributed by atoms with Crippen molar-refractivity contribution < 1.29 is 28.8 Å². The van der Waals surface area contributed by atoms with Crippen molar-refractivity contribution >= 4 is 17.8 Å². The molecule has 1 aromatic rings. The summed E-state index contributed by atoms with van der Waals surface area (Å²) in [5.74, 6) is -2.87. The van der Waals surface area contributed by atoms with Crippen LogP contribution in [0.2, 0.25) is 0 Å². The zero-order valence-electron chi connectivity index (χ0n) is 11.0. The molecule has 2 amide bonds. The Hall–Kier alpha value is -2.42. The number of aromatic nitrogens is 1. The quantitative estimate of drug-likeness (QED) is 0.562. The molecule has 9 heteroatoms. The van der Waals surface area contributed by atoms with Gasteiger partial charge in [-0.3, -0.25) is 9.59 Å². The summed E-state index contributed by atoms with van der Waals surface area (Å²) in [6.45, 7) is 2.17. The number of ether oxygens (including phenoxy) is 1. The van der Waals surface area contributed by atoms with Gasteiger partial charge in [0.25, 0.3) is 5.91 Å². The molecule has 0 radical (unpaired) electrons. The highest BCUT2D eigenvalue weighted by Crippen LogP contribution is 2.03. The lowest BCUT2D eigenvalue weighted by molar-refractivity contribution is -0.122. The molecule has 1 unspecified atom stereocenters. The van der Waals surface area contributed by atoms with Gasteiger partial charge in [-0.15, -0.1) is 0 Å². The molecule has 0 aromatic carbocycles. The maximum absolute atomic E-state index is 11.7. The zero-order valence-corrected chi connectivity index (χ0v) is 11.0. The van der Waals surface area contributed by atoms with E-state index in [4.69, 9.17) is 9.84 Å². The first-order valence-electron chi connectivity index (χ1n) is 5.73. The summed E-state index contributed by atoms with van der Waals surface area (Å²) in [4.78, 5) is 33.8. The first kappa shape index (κ1) is 15.6. The van der Waals surface area contributed by atoms with E-state index >= 15 is 0 Å². The molecular formula is C11H15N3O6. The van der Waals surface area contributed by atoms with E-state index < -0.39 is 29.6 Å². The first-order valence-corrected chi connectivity index (χ1v) is 5.73. The monoisotopic (exact) mass is 285 g/mol. The standard InChI is InChI=1S/C11H15N3O6/c1-6(9(15)12-3-4-19-2)13-10(16)7-5-8(11(17)18)20-14-7/h5-6H,3-4H2,1-2H3,(H,12,15)(H,13,16)(H,17,18). The highest BCUT2D eigenvalue weighted by Gasteiger charge is 2.20. The minimum atomic E-state index is -1.33. The van der Waals surface area contributed by atoms with Gasteiger partial charge in [0.2, 0.25) is 11.7 Å². The Bertz CT molecular complexity index is 498. The van der Waals surface area contributed by atoms with Crippen molar-refractivity contribution in [3.8, 4) is 0 Å². The fraction of sp³-hybridized carbons (Fsp3) is 0.455. The minimum Gasteiger partial charge on any atom is -0.475 e. The second-order valence-corrected chi connectivity index (χ2v) is 3.86. The van der Waals surface area contributed by atoms with Crippen LogP contribution in [-0.4, -0.2) is 54.4 Å². The molecule has 0 bridgehead atoms. The van der Waals surface area contributed by atoms with Crippen molar-refractivity contribution in [3.63, 3.8) is 0 Å². The fourth-order valence-corrected chi connectivity index (χ4v) is 1.25. The number of carboxylic acid groups (broad SMARTS) is 1. The molecule has 1 atom stereocenters. The average Bonchev–Trinajstić information content (AvgIpc) is 2.88. The summed E-state index contributed by atoms with van der Waals surface area (Å²) < 4.78 is 9.21. The smallest absolute Gasteiger partial charge is 0.374 e. The van der Waals surface area contributed by atoms with Crippen LogP contribution in [0.25, 0.3) is 0 Å². The van der Waals surface area contributed by atoms with E-state index in [0.29, 0.717) is 13.2 Å². The van der Waals surface area contributed by atoms with E-state index in [0.717, 1.165) is 6.07 Å². The molecule has 9 nitrogen and oxygen atoms in total. The number of nitrogens with one attached hydrogen (secondary N) is 2. The van der Waals surface area contributed by atoms with Crippen molar-refractivity contribution in [2.75, 3.05) is 20.3 Å². The number of carboxylic acids is 1. The lowest BCUT2D eigenvalue weighted by Gasteiger charge is -2.12. The molecule has 0 aliphatic rings. The van der Waals surface area contributed by atoms with Gasteiger partial charge >= 0.3 is 5.97 Å². The Kier molecular flexibility index (Phi) is 5.66. The van der Waals surface area contributed by atoms with E-state index in [2.05, 4.69) is 20.3 Å². The van der Waals surface area contributed by atoms with Gasteiger partial charge in [-0.25, -0.2) is 4.79 Å². The van der Waals surface area contributed by atoms with Gasteiger partial charge in [-0.1, -0.05) is 5.16 Å². The molecule has 0 spiro atoms. The zero-order chi connectivity index (χ0) is 15.1. The van der Waals surface area contributed by atoms with Crippen LogP contribution in [0.4, 0.5) is 0 Å². The molecule has 0 saturated carbocycles. The molecule has 3 N–H and O–H groups in total. The number of aromatic carboxylic acids is 1. The van der Waals surface area contributed by atoms with Crippen LogP contribution in [-0.2, 0) is 9.53 Å². The van der Waals surface area contributed by atoms with Gasteiger partial charge in [0.05, 0.1) is 6.61 Å². The lowest BCUT2D eigenvalue weighted by Crippen LogP contribution is -2.45. The number of hydrogen-bond donors (Lipinski definition) is 3. The van der Waals surface area contributed by atoms with Gasteiger partial charge in [0.15, 0.2) is 5.69 Å². The second kappa shape index (κ2) is 7.24. The van der Waals surface area contributed by atoms with Crippen LogP contribution < -0.4 is 10.6 Å². The number of nitrogens with zero attached hydrogens (tertiary/aromatic N) is 1. The van der Waals surface area contributed by atoms with Crippen LogP contribution in [0.15, 0.2) is 10.6 Å². The molecule has 1 aromatic heterocycles. The Morgan fingerprint density at radius 3 is 2.75 bits per heavy atom. The molecule has 110 valence electrons. The van der Waals surface area contributed by atoms with Crippen LogP contribution in [0, 0.1) is 0 Å². The van der Waals surface area contributed by atoms with E-state index in [1.54, 1.807) is 0 Å². The van der Waals surface area contributed by atoms with Gasteiger partial charge in [-0.2, -0.15) is 0 Å². The van der Waals surface area contributed by atoms with E-state index in [9.17, 15) is 14.4 Å². The van der Waals surface area contributed by atoms with E-state index in [-0.39, 0.29) is 5.69 Å². The Labute approximate surface area is 114 Å². The SMILES string of the molecule is COCCNC(=O)C(C)NC(=O)c1cc(C(=O)O)on1. The van der Waals surface area contributed by atoms with Crippen molar-refractivity contribution in [1.82, 2.24) is 15.8 Å².